The zero-order chi connectivity index (χ0) is 28.6. The number of aromatic nitrogens is 2. The third kappa shape index (κ3) is 7.80. The lowest BCUT2D eigenvalue weighted by Crippen LogP contribution is -2.47. The number of carbonyl (C=O) groups is 1. The van der Waals surface area contributed by atoms with Crippen molar-refractivity contribution in [1.29, 1.82) is 0 Å². The summed E-state index contributed by atoms with van der Waals surface area (Å²) in [4.78, 5) is 27.3. The number of anilines is 2. The summed E-state index contributed by atoms with van der Waals surface area (Å²) in [6.45, 7) is 8.88. The fourth-order valence-electron chi connectivity index (χ4n) is 4.69. The van der Waals surface area contributed by atoms with Gasteiger partial charge in [0.2, 0.25) is 0 Å². The largest absolute Gasteiger partial charge is 0.354 e. The number of benzene rings is 3. The van der Waals surface area contributed by atoms with Gasteiger partial charge in [0.1, 0.15) is 11.6 Å². The van der Waals surface area contributed by atoms with Crippen molar-refractivity contribution in [2.45, 2.75) is 24.8 Å². The number of halogens is 1. The van der Waals surface area contributed by atoms with Crippen molar-refractivity contribution in [2.75, 3.05) is 42.9 Å². The van der Waals surface area contributed by atoms with E-state index < -0.39 is 0 Å². The highest BCUT2D eigenvalue weighted by molar-refractivity contribution is 7.98. The van der Waals surface area contributed by atoms with E-state index in [4.69, 9.17) is 9.97 Å². The number of carbonyl (C=O) groups excluding carboxylic acids is 1. The number of hydrogen-bond acceptors (Lipinski definition) is 6. The molecule has 2 heterocycles. The number of hydrogen-bond donors (Lipinski definition) is 1. The first-order chi connectivity index (χ1) is 19.9. The summed E-state index contributed by atoms with van der Waals surface area (Å²) in [5.74, 6) is 1.07. The molecule has 1 amide bonds. The van der Waals surface area contributed by atoms with Gasteiger partial charge < -0.3 is 10.2 Å². The molecule has 0 unspecified atom stereocenters. The molecule has 5 rings (SSSR count). The van der Waals surface area contributed by atoms with Crippen LogP contribution >= 0.6 is 11.8 Å². The Balaban J connectivity index is 1.18. The van der Waals surface area contributed by atoms with Gasteiger partial charge in [-0.3, -0.25) is 9.69 Å². The summed E-state index contributed by atoms with van der Waals surface area (Å²) < 4.78 is 13.2. The molecule has 1 aromatic heterocycles. The van der Waals surface area contributed by atoms with Gasteiger partial charge in [-0.1, -0.05) is 66.4 Å². The first kappa shape index (κ1) is 28.5. The Morgan fingerprint density at radius 1 is 0.951 bits per heavy atom. The number of piperazine rings is 1. The van der Waals surface area contributed by atoms with Crippen molar-refractivity contribution in [2.24, 2.45) is 0 Å². The zero-order valence-electron chi connectivity index (χ0n) is 23.4. The van der Waals surface area contributed by atoms with Crippen LogP contribution in [0.3, 0.4) is 0 Å². The van der Waals surface area contributed by atoms with Crippen LogP contribution in [0, 0.1) is 19.7 Å². The van der Waals surface area contributed by atoms with E-state index in [0.29, 0.717) is 17.0 Å². The molecule has 210 valence electrons. The van der Waals surface area contributed by atoms with E-state index in [-0.39, 0.29) is 11.7 Å². The van der Waals surface area contributed by atoms with E-state index in [2.05, 4.69) is 58.5 Å². The Hall–Kier alpha value is -4.01. The lowest BCUT2D eigenvalue weighted by Gasteiger charge is -2.35. The van der Waals surface area contributed by atoms with Gasteiger partial charge in [0.15, 0.2) is 5.16 Å². The summed E-state index contributed by atoms with van der Waals surface area (Å²) in [6, 6.07) is 23.6. The van der Waals surface area contributed by atoms with Gasteiger partial charge in [-0.05, 0) is 61.4 Å². The van der Waals surface area contributed by atoms with Crippen LogP contribution in [0.1, 0.15) is 32.7 Å². The highest BCUT2D eigenvalue weighted by Crippen LogP contribution is 2.27. The Morgan fingerprint density at radius 2 is 1.71 bits per heavy atom. The maximum atomic E-state index is 13.2. The summed E-state index contributed by atoms with van der Waals surface area (Å²) >= 11 is 1.57. The molecule has 0 saturated carbocycles. The van der Waals surface area contributed by atoms with Gasteiger partial charge in [0, 0.05) is 61.0 Å². The Bertz CT molecular complexity index is 1500. The van der Waals surface area contributed by atoms with E-state index in [9.17, 15) is 9.18 Å². The monoisotopic (exact) mass is 567 g/mol. The molecular formula is C33H34FN5OS. The molecular weight excluding hydrogens is 533 g/mol. The number of amides is 1. The maximum absolute atomic E-state index is 13.2. The average Bonchev–Trinajstić information content (AvgIpc) is 3.00. The normalized spacial score (nSPS) is 14.0. The highest BCUT2D eigenvalue weighted by atomic mass is 32.2. The van der Waals surface area contributed by atoms with E-state index in [0.717, 1.165) is 60.5 Å². The fourth-order valence-corrected chi connectivity index (χ4v) is 5.52. The van der Waals surface area contributed by atoms with Crippen LogP contribution in [0.5, 0.6) is 0 Å². The second-order valence-corrected chi connectivity index (χ2v) is 11.0. The van der Waals surface area contributed by atoms with E-state index >= 15 is 0 Å². The molecule has 4 aromatic rings. The molecule has 0 atom stereocenters. The molecule has 1 fully saturated rings. The van der Waals surface area contributed by atoms with Crippen LogP contribution in [-0.4, -0.2) is 53.5 Å². The zero-order valence-corrected chi connectivity index (χ0v) is 24.2. The average molecular weight is 568 g/mol. The SMILES string of the molecule is Cc1nc(SCc2cccc(C(=O)Nc3ccc(F)cc3)c2)nc(N2CCN(C/C=C/c3ccccc3)CC2)c1C. The molecule has 0 radical (unpaired) electrons. The number of nitrogens with zero attached hydrogens (tertiary/aromatic N) is 4. The van der Waals surface area contributed by atoms with Crippen molar-refractivity contribution in [3.63, 3.8) is 0 Å². The van der Waals surface area contributed by atoms with Crippen molar-refractivity contribution in [1.82, 2.24) is 14.9 Å². The number of rotatable bonds is 9. The third-order valence-electron chi connectivity index (χ3n) is 7.15. The Morgan fingerprint density at radius 3 is 2.46 bits per heavy atom. The minimum atomic E-state index is -0.340. The third-order valence-corrected chi connectivity index (χ3v) is 8.07. The summed E-state index contributed by atoms with van der Waals surface area (Å²) in [6.07, 6.45) is 4.42. The Kier molecular flexibility index (Phi) is 9.44. The predicted octanol–water partition coefficient (Wildman–Crippen LogP) is 6.61. The molecule has 3 aromatic carbocycles. The molecule has 41 heavy (non-hydrogen) atoms. The van der Waals surface area contributed by atoms with Crippen molar-refractivity contribution in [3.05, 3.63) is 119 Å². The molecule has 0 spiro atoms. The number of thioether (sulfide) groups is 1. The molecule has 1 aliphatic heterocycles. The molecule has 1 N–H and O–H groups in total. The standard InChI is InChI=1S/C33H34FN5OS/c1-24-25(2)35-33(37-31(24)39-20-18-38(19-21-39)17-7-11-26-8-4-3-5-9-26)41-23-27-10-6-12-28(22-27)32(40)36-30-15-13-29(34)14-16-30/h3-16,22H,17-21,23H2,1-2H3,(H,36,40)/b11-7+. The van der Waals surface area contributed by atoms with E-state index in [1.165, 1.54) is 17.7 Å². The van der Waals surface area contributed by atoms with Crippen LogP contribution in [0.2, 0.25) is 0 Å². The lowest BCUT2D eigenvalue weighted by molar-refractivity contribution is 0.102. The fraction of sp³-hybridized carbons (Fsp3) is 0.242. The first-order valence-corrected chi connectivity index (χ1v) is 14.8. The summed E-state index contributed by atoms with van der Waals surface area (Å²) in [5, 5.41) is 3.55. The molecule has 0 bridgehead atoms. The summed E-state index contributed by atoms with van der Waals surface area (Å²) in [7, 11) is 0. The van der Waals surface area contributed by atoms with Gasteiger partial charge in [-0.15, -0.1) is 0 Å². The molecule has 0 aliphatic carbocycles. The second-order valence-electron chi connectivity index (χ2n) is 10.1. The molecule has 6 nitrogen and oxygen atoms in total. The van der Waals surface area contributed by atoms with Crippen molar-refractivity contribution >= 4 is 35.3 Å². The van der Waals surface area contributed by atoms with Gasteiger partial charge in [-0.2, -0.15) is 0 Å². The van der Waals surface area contributed by atoms with Gasteiger partial charge >= 0.3 is 0 Å². The summed E-state index contributed by atoms with van der Waals surface area (Å²) in [5.41, 5.74) is 5.43. The van der Waals surface area contributed by atoms with Crippen LogP contribution in [0.4, 0.5) is 15.9 Å². The topological polar surface area (TPSA) is 61.4 Å². The van der Waals surface area contributed by atoms with Crippen LogP contribution < -0.4 is 10.2 Å². The van der Waals surface area contributed by atoms with Crippen LogP contribution in [0.25, 0.3) is 6.08 Å². The van der Waals surface area contributed by atoms with Gasteiger partial charge in [0.25, 0.3) is 5.91 Å². The quantitative estimate of drug-likeness (QED) is 0.181. The van der Waals surface area contributed by atoms with Gasteiger partial charge in [-0.25, -0.2) is 14.4 Å². The van der Waals surface area contributed by atoms with Crippen molar-refractivity contribution < 1.29 is 9.18 Å². The van der Waals surface area contributed by atoms with E-state index in [1.54, 1.807) is 30.0 Å². The minimum Gasteiger partial charge on any atom is -0.354 e. The lowest BCUT2D eigenvalue weighted by atomic mass is 10.1. The number of nitrogens with one attached hydrogen (secondary N) is 1. The molecule has 1 aliphatic rings. The molecule has 8 heteroatoms. The smallest absolute Gasteiger partial charge is 0.255 e. The molecule has 1 saturated heterocycles. The predicted molar refractivity (Wildman–Crippen MR) is 166 cm³/mol. The van der Waals surface area contributed by atoms with Gasteiger partial charge in [0.05, 0.1) is 0 Å². The van der Waals surface area contributed by atoms with Crippen LogP contribution in [-0.2, 0) is 5.75 Å². The van der Waals surface area contributed by atoms with E-state index in [1.807, 2.05) is 31.2 Å². The maximum Gasteiger partial charge on any atom is 0.255 e. The van der Waals surface area contributed by atoms with Crippen molar-refractivity contribution in [3.8, 4) is 0 Å². The number of aryl methyl sites for hydroxylation is 1. The second kappa shape index (κ2) is 13.6. The van der Waals surface area contributed by atoms with Crippen LogP contribution in [0.15, 0.2) is 90.1 Å². The highest BCUT2D eigenvalue weighted by Gasteiger charge is 2.21. The minimum absolute atomic E-state index is 0.233. The Labute approximate surface area is 245 Å². The first-order valence-electron chi connectivity index (χ1n) is 13.8.